The molecule has 0 saturated heterocycles. The second-order valence-corrected chi connectivity index (χ2v) is 6.47. The summed E-state index contributed by atoms with van der Waals surface area (Å²) in [6.45, 7) is 1.02. The largest absolute Gasteiger partial charge is 0.388 e. The van der Waals surface area contributed by atoms with Gasteiger partial charge in [0.25, 0.3) is 0 Å². The molecule has 4 heteroatoms. The van der Waals surface area contributed by atoms with E-state index in [4.69, 9.17) is 0 Å². The fourth-order valence-electron chi connectivity index (χ4n) is 2.86. The number of anilines is 1. The van der Waals surface area contributed by atoms with Crippen LogP contribution in [0, 0.1) is 5.82 Å². The van der Waals surface area contributed by atoms with Crippen LogP contribution in [0.15, 0.2) is 40.9 Å². The third-order valence-corrected chi connectivity index (χ3v) is 4.43. The standard InChI is InChI=1S/C17H17BrFNO/c1-20-5-4-12-9-13(2-3-16(12)20)17(21)8-11-6-14(18)10-15(19)7-11/h2-3,6-7,9-10,17,21H,4-5,8H2,1H3. The molecule has 0 aliphatic carbocycles. The molecule has 0 radical (unpaired) electrons. The van der Waals surface area contributed by atoms with Gasteiger partial charge in [0.2, 0.25) is 0 Å². The Morgan fingerprint density at radius 3 is 2.86 bits per heavy atom. The second-order valence-electron chi connectivity index (χ2n) is 5.56. The highest BCUT2D eigenvalue weighted by atomic mass is 79.9. The maximum absolute atomic E-state index is 13.4. The lowest BCUT2D eigenvalue weighted by Gasteiger charge is -2.15. The van der Waals surface area contributed by atoms with Crippen LogP contribution < -0.4 is 4.90 Å². The molecule has 2 nitrogen and oxygen atoms in total. The molecule has 1 heterocycles. The number of benzene rings is 2. The zero-order chi connectivity index (χ0) is 15.0. The summed E-state index contributed by atoms with van der Waals surface area (Å²) < 4.78 is 14.1. The number of aliphatic hydroxyl groups is 1. The number of hydrogen-bond acceptors (Lipinski definition) is 2. The molecular weight excluding hydrogens is 333 g/mol. The van der Waals surface area contributed by atoms with E-state index in [1.165, 1.54) is 23.4 Å². The van der Waals surface area contributed by atoms with Gasteiger partial charge < -0.3 is 10.0 Å². The first-order valence-corrected chi connectivity index (χ1v) is 7.79. The van der Waals surface area contributed by atoms with Crippen LogP contribution >= 0.6 is 15.9 Å². The van der Waals surface area contributed by atoms with Crippen LogP contribution in [0.4, 0.5) is 10.1 Å². The van der Waals surface area contributed by atoms with Crippen molar-refractivity contribution in [3.05, 3.63) is 63.4 Å². The molecule has 0 fully saturated rings. The Bertz CT molecular complexity index is 654. The lowest BCUT2D eigenvalue weighted by atomic mass is 9.99. The molecule has 1 atom stereocenters. The Morgan fingerprint density at radius 1 is 1.29 bits per heavy atom. The number of aliphatic hydroxyl groups excluding tert-OH is 1. The van der Waals surface area contributed by atoms with Gasteiger partial charge in [-0.1, -0.05) is 28.1 Å². The zero-order valence-electron chi connectivity index (χ0n) is 11.8. The Morgan fingerprint density at radius 2 is 2.10 bits per heavy atom. The molecule has 2 aromatic rings. The molecule has 0 aromatic heterocycles. The van der Waals surface area contributed by atoms with Crippen molar-refractivity contribution < 1.29 is 9.50 Å². The normalized spacial score (nSPS) is 15.1. The smallest absolute Gasteiger partial charge is 0.124 e. The summed E-state index contributed by atoms with van der Waals surface area (Å²) in [5, 5.41) is 10.4. The van der Waals surface area contributed by atoms with Crippen molar-refractivity contribution in [3.8, 4) is 0 Å². The highest BCUT2D eigenvalue weighted by molar-refractivity contribution is 9.10. The van der Waals surface area contributed by atoms with Crippen LogP contribution in [-0.2, 0) is 12.8 Å². The highest BCUT2D eigenvalue weighted by Gasteiger charge is 2.18. The van der Waals surface area contributed by atoms with Gasteiger partial charge in [-0.3, -0.25) is 0 Å². The molecule has 3 rings (SSSR count). The first-order chi connectivity index (χ1) is 10.0. The van der Waals surface area contributed by atoms with Crippen LogP contribution in [0.5, 0.6) is 0 Å². The van der Waals surface area contributed by atoms with E-state index in [9.17, 15) is 9.50 Å². The summed E-state index contributed by atoms with van der Waals surface area (Å²) in [4.78, 5) is 2.22. The number of nitrogens with zero attached hydrogens (tertiary/aromatic N) is 1. The molecule has 0 amide bonds. The van der Waals surface area contributed by atoms with Gasteiger partial charge >= 0.3 is 0 Å². The third kappa shape index (κ3) is 3.11. The highest BCUT2D eigenvalue weighted by Crippen LogP contribution is 2.30. The minimum atomic E-state index is -0.616. The van der Waals surface area contributed by atoms with Crippen LogP contribution in [-0.4, -0.2) is 18.7 Å². The fraction of sp³-hybridized carbons (Fsp3) is 0.294. The second kappa shape index (κ2) is 5.78. The predicted octanol–water partition coefficient (Wildman–Crippen LogP) is 3.86. The number of fused-ring (bicyclic) bond motifs is 1. The van der Waals surface area contributed by atoms with Crippen molar-refractivity contribution in [1.29, 1.82) is 0 Å². The number of rotatable bonds is 3. The van der Waals surface area contributed by atoms with Crippen molar-refractivity contribution >= 4 is 21.6 Å². The van der Waals surface area contributed by atoms with Gasteiger partial charge in [-0.2, -0.15) is 0 Å². The van der Waals surface area contributed by atoms with Crippen molar-refractivity contribution in [2.45, 2.75) is 18.9 Å². The van der Waals surface area contributed by atoms with Gasteiger partial charge in [0, 0.05) is 30.2 Å². The molecule has 2 aromatic carbocycles. The van der Waals surface area contributed by atoms with Gasteiger partial charge in [-0.15, -0.1) is 0 Å². The van der Waals surface area contributed by atoms with Gasteiger partial charge in [0.1, 0.15) is 5.82 Å². The molecule has 21 heavy (non-hydrogen) atoms. The van der Waals surface area contributed by atoms with Crippen LogP contribution in [0.2, 0.25) is 0 Å². The van der Waals surface area contributed by atoms with E-state index in [-0.39, 0.29) is 5.82 Å². The van der Waals surface area contributed by atoms with E-state index in [2.05, 4.69) is 40.0 Å². The fourth-order valence-corrected chi connectivity index (χ4v) is 3.38. The summed E-state index contributed by atoms with van der Waals surface area (Å²) >= 11 is 3.28. The molecule has 0 bridgehead atoms. The SMILES string of the molecule is CN1CCc2cc(C(O)Cc3cc(F)cc(Br)c3)ccc21. The van der Waals surface area contributed by atoms with E-state index in [1.54, 1.807) is 0 Å². The average molecular weight is 350 g/mol. The monoisotopic (exact) mass is 349 g/mol. The minimum absolute atomic E-state index is 0.290. The Hall–Kier alpha value is -1.39. The molecular formula is C17H17BrFNO. The van der Waals surface area contributed by atoms with Crippen molar-refractivity contribution in [2.75, 3.05) is 18.5 Å². The van der Waals surface area contributed by atoms with Crippen molar-refractivity contribution in [2.24, 2.45) is 0 Å². The van der Waals surface area contributed by atoms with E-state index in [1.807, 2.05) is 12.1 Å². The van der Waals surface area contributed by atoms with Crippen LogP contribution in [0.25, 0.3) is 0 Å². The molecule has 110 valence electrons. The third-order valence-electron chi connectivity index (χ3n) is 3.97. The van der Waals surface area contributed by atoms with Gasteiger partial charge in [0.15, 0.2) is 0 Å². The first-order valence-electron chi connectivity index (χ1n) is 7.00. The molecule has 1 aliphatic heterocycles. The quantitative estimate of drug-likeness (QED) is 0.909. The Labute approximate surface area is 132 Å². The molecule has 0 saturated carbocycles. The molecule has 0 spiro atoms. The van der Waals surface area contributed by atoms with E-state index >= 15 is 0 Å². The summed E-state index contributed by atoms with van der Waals surface area (Å²) in [5.41, 5.74) is 4.19. The summed E-state index contributed by atoms with van der Waals surface area (Å²) in [7, 11) is 2.08. The Balaban J connectivity index is 1.81. The van der Waals surface area contributed by atoms with Gasteiger partial charge in [-0.25, -0.2) is 4.39 Å². The molecule has 1 unspecified atom stereocenters. The number of hydrogen-bond donors (Lipinski definition) is 1. The summed E-state index contributed by atoms with van der Waals surface area (Å²) in [6.07, 6.45) is 0.804. The average Bonchev–Trinajstić information content (AvgIpc) is 2.78. The minimum Gasteiger partial charge on any atom is -0.388 e. The Kier molecular flexibility index (Phi) is 4.00. The lowest BCUT2D eigenvalue weighted by molar-refractivity contribution is 0.178. The van der Waals surface area contributed by atoms with Crippen molar-refractivity contribution in [3.63, 3.8) is 0 Å². The van der Waals surface area contributed by atoms with E-state index in [0.29, 0.717) is 10.9 Å². The topological polar surface area (TPSA) is 23.5 Å². The number of halogens is 2. The van der Waals surface area contributed by atoms with Crippen molar-refractivity contribution in [1.82, 2.24) is 0 Å². The zero-order valence-corrected chi connectivity index (χ0v) is 13.4. The van der Waals surface area contributed by atoms with Gasteiger partial charge in [-0.05, 0) is 47.4 Å². The van der Waals surface area contributed by atoms with Crippen LogP contribution in [0.1, 0.15) is 22.8 Å². The summed E-state index contributed by atoms with van der Waals surface area (Å²) in [6, 6.07) is 10.8. The number of likely N-dealkylation sites (N-methyl/N-ethyl adjacent to an activating group) is 1. The maximum atomic E-state index is 13.4. The predicted molar refractivity (Wildman–Crippen MR) is 86.2 cm³/mol. The van der Waals surface area contributed by atoms with E-state index in [0.717, 1.165) is 24.1 Å². The van der Waals surface area contributed by atoms with Crippen LogP contribution in [0.3, 0.4) is 0 Å². The maximum Gasteiger partial charge on any atom is 0.124 e. The summed E-state index contributed by atoms with van der Waals surface area (Å²) in [5.74, 6) is -0.290. The molecule has 1 aliphatic rings. The van der Waals surface area contributed by atoms with Gasteiger partial charge in [0.05, 0.1) is 6.10 Å². The lowest BCUT2D eigenvalue weighted by Crippen LogP contribution is -2.12. The first kappa shape index (κ1) is 14.5. The molecule has 1 N–H and O–H groups in total. The van der Waals surface area contributed by atoms with E-state index < -0.39 is 6.10 Å².